The van der Waals surface area contributed by atoms with Gasteiger partial charge in [-0.05, 0) is 37.5 Å². The Kier molecular flexibility index (Phi) is 6.46. The summed E-state index contributed by atoms with van der Waals surface area (Å²) in [7, 11) is 0. The highest BCUT2D eigenvalue weighted by atomic mass is 16.6. The number of non-ortho nitro benzene ring substituents is 1. The molecule has 1 amide bonds. The van der Waals surface area contributed by atoms with Gasteiger partial charge in [-0.15, -0.1) is 0 Å². The van der Waals surface area contributed by atoms with E-state index in [1.165, 1.54) is 24.3 Å². The van der Waals surface area contributed by atoms with Gasteiger partial charge in [0.05, 0.1) is 17.1 Å². The van der Waals surface area contributed by atoms with Gasteiger partial charge < -0.3 is 9.15 Å². The van der Waals surface area contributed by atoms with Gasteiger partial charge in [-0.2, -0.15) is 5.10 Å². The fraction of sp³-hybridized carbons (Fsp3) is 0.185. The first-order valence-corrected chi connectivity index (χ1v) is 11.7. The maximum Gasteiger partial charge on any atom is 0.380 e. The summed E-state index contributed by atoms with van der Waals surface area (Å²) in [5.41, 5.74) is 5.62. The van der Waals surface area contributed by atoms with Gasteiger partial charge in [-0.1, -0.05) is 30.3 Å². The Morgan fingerprint density at radius 2 is 1.92 bits per heavy atom. The minimum Gasteiger partial charge on any atom is -0.453 e. The van der Waals surface area contributed by atoms with Crippen molar-refractivity contribution in [1.82, 2.24) is 10.4 Å². The van der Waals surface area contributed by atoms with Crippen molar-refractivity contribution in [3.05, 3.63) is 99.1 Å². The van der Waals surface area contributed by atoms with Crippen LogP contribution in [-0.4, -0.2) is 27.5 Å². The van der Waals surface area contributed by atoms with Crippen molar-refractivity contribution in [1.29, 1.82) is 0 Å². The number of pyridine rings is 1. The largest absolute Gasteiger partial charge is 0.453 e. The molecule has 0 saturated heterocycles. The SMILES string of the molecule is Cc1c(C(=O)Oc2cccc3cccnc23)oc2c1/C(=N/NC(=O)Cc1ccc([N+](=O)[O-])cc1)CCC2. The highest BCUT2D eigenvalue weighted by molar-refractivity contribution is 6.06. The summed E-state index contributed by atoms with van der Waals surface area (Å²) < 4.78 is 11.6. The Morgan fingerprint density at radius 3 is 2.70 bits per heavy atom. The molecule has 10 nitrogen and oxygen atoms in total. The Bertz CT molecular complexity index is 1550. The lowest BCUT2D eigenvalue weighted by Crippen LogP contribution is -2.23. The average Bonchev–Trinajstić information content (AvgIpc) is 3.25. The Hall–Kier alpha value is -4.86. The van der Waals surface area contributed by atoms with Gasteiger partial charge in [0.25, 0.3) is 5.69 Å². The van der Waals surface area contributed by atoms with E-state index in [4.69, 9.17) is 9.15 Å². The number of ether oxygens (including phenoxy) is 1. The molecule has 2 aromatic heterocycles. The Morgan fingerprint density at radius 1 is 1.14 bits per heavy atom. The third-order valence-electron chi connectivity index (χ3n) is 6.14. The number of rotatable bonds is 6. The first-order valence-electron chi connectivity index (χ1n) is 11.7. The molecule has 5 rings (SSSR count). The van der Waals surface area contributed by atoms with Gasteiger partial charge in [0.15, 0.2) is 5.75 Å². The molecule has 0 bridgehead atoms. The molecule has 0 spiro atoms. The van der Waals surface area contributed by atoms with Crippen LogP contribution in [0.25, 0.3) is 10.9 Å². The lowest BCUT2D eigenvalue weighted by Gasteiger charge is -2.13. The highest BCUT2D eigenvalue weighted by Gasteiger charge is 2.29. The van der Waals surface area contributed by atoms with Gasteiger partial charge in [0, 0.05) is 41.3 Å². The first kappa shape index (κ1) is 23.9. The monoisotopic (exact) mass is 498 g/mol. The minimum absolute atomic E-state index is 0.0165. The minimum atomic E-state index is -0.633. The number of esters is 1. The lowest BCUT2D eigenvalue weighted by atomic mass is 9.93. The second-order valence-corrected chi connectivity index (χ2v) is 8.62. The molecule has 37 heavy (non-hydrogen) atoms. The normalized spacial score (nSPS) is 13.8. The van der Waals surface area contributed by atoms with Crippen LogP contribution in [-0.2, 0) is 17.6 Å². The Balaban J connectivity index is 1.33. The van der Waals surface area contributed by atoms with Crippen molar-refractivity contribution in [2.45, 2.75) is 32.6 Å². The Labute approximate surface area is 211 Å². The number of nitro benzene ring substituents is 1. The van der Waals surface area contributed by atoms with Crippen LogP contribution in [0.5, 0.6) is 5.75 Å². The van der Waals surface area contributed by atoms with E-state index in [9.17, 15) is 19.7 Å². The smallest absolute Gasteiger partial charge is 0.380 e. The predicted molar refractivity (Wildman–Crippen MR) is 135 cm³/mol. The topological polar surface area (TPSA) is 137 Å². The number of carbonyl (C=O) groups is 2. The third kappa shape index (κ3) is 4.94. The molecule has 2 aromatic carbocycles. The van der Waals surface area contributed by atoms with Crippen LogP contribution in [0.4, 0.5) is 5.69 Å². The van der Waals surface area contributed by atoms with Gasteiger partial charge in [-0.3, -0.25) is 19.9 Å². The molecule has 186 valence electrons. The van der Waals surface area contributed by atoms with E-state index in [1.807, 2.05) is 18.2 Å². The number of furan rings is 1. The summed E-state index contributed by atoms with van der Waals surface area (Å²) >= 11 is 0. The number of aryl methyl sites for hydroxylation is 1. The zero-order chi connectivity index (χ0) is 25.9. The number of nitrogens with zero attached hydrogens (tertiary/aromatic N) is 3. The maximum absolute atomic E-state index is 13.0. The molecular weight excluding hydrogens is 476 g/mol. The molecule has 2 heterocycles. The van der Waals surface area contributed by atoms with E-state index in [1.54, 1.807) is 25.3 Å². The maximum atomic E-state index is 13.0. The van der Waals surface area contributed by atoms with Crippen LogP contribution in [0.1, 0.15) is 45.8 Å². The summed E-state index contributed by atoms with van der Waals surface area (Å²) in [6.07, 6.45) is 3.64. The van der Waals surface area contributed by atoms with Crippen molar-refractivity contribution in [3.8, 4) is 5.75 Å². The predicted octanol–water partition coefficient (Wildman–Crippen LogP) is 4.66. The molecule has 1 aliphatic carbocycles. The number of hydrogen-bond acceptors (Lipinski definition) is 8. The van der Waals surface area contributed by atoms with E-state index >= 15 is 0 Å². The lowest BCUT2D eigenvalue weighted by molar-refractivity contribution is -0.384. The number of nitrogens with one attached hydrogen (secondary N) is 1. The molecule has 1 N–H and O–H groups in total. The number of carbonyl (C=O) groups excluding carboxylic acids is 2. The van der Waals surface area contributed by atoms with E-state index < -0.39 is 10.9 Å². The van der Waals surface area contributed by atoms with Crippen molar-refractivity contribution >= 4 is 34.2 Å². The van der Waals surface area contributed by atoms with Crippen molar-refractivity contribution in [2.75, 3.05) is 0 Å². The summed E-state index contributed by atoms with van der Waals surface area (Å²) in [5, 5.41) is 16.0. The number of benzene rings is 2. The molecule has 0 unspecified atom stereocenters. The van der Waals surface area contributed by atoms with Crippen LogP contribution < -0.4 is 10.2 Å². The second kappa shape index (κ2) is 10.0. The molecule has 4 aromatic rings. The molecule has 0 aliphatic heterocycles. The fourth-order valence-corrected chi connectivity index (χ4v) is 4.37. The number of aromatic nitrogens is 1. The van der Waals surface area contributed by atoms with Crippen LogP contribution in [0.3, 0.4) is 0 Å². The van der Waals surface area contributed by atoms with Gasteiger partial charge in [-0.25, -0.2) is 10.2 Å². The first-order chi connectivity index (χ1) is 17.9. The molecule has 0 radical (unpaired) electrons. The van der Waals surface area contributed by atoms with Crippen LogP contribution in [0, 0.1) is 17.0 Å². The average molecular weight is 498 g/mol. The summed E-state index contributed by atoms with van der Waals surface area (Å²) in [6.45, 7) is 1.76. The number of para-hydroxylation sites is 1. The number of fused-ring (bicyclic) bond motifs is 2. The van der Waals surface area contributed by atoms with E-state index in [0.29, 0.717) is 52.3 Å². The molecular formula is C27H22N4O6. The molecule has 1 aliphatic rings. The number of amides is 1. The quantitative estimate of drug-likeness (QED) is 0.177. The number of nitro groups is 1. The van der Waals surface area contributed by atoms with Crippen molar-refractivity contribution in [2.24, 2.45) is 5.10 Å². The third-order valence-corrected chi connectivity index (χ3v) is 6.14. The van der Waals surface area contributed by atoms with E-state index in [-0.39, 0.29) is 23.8 Å². The summed E-state index contributed by atoms with van der Waals surface area (Å²) in [6, 6.07) is 14.8. The molecule has 0 atom stereocenters. The van der Waals surface area contributed by atoms with Crippen molar-refractivity contribution in [3.63, 3.8) is 0 Å². The van der Waals surface area contributed by atoms with Gasteiger partial charge >= 0.3 is 5.97 Å². The van der Waals surface area contributed by atoms with E-state index in [2.05, 4.69) is 15.5 Å². The fourth-order valence-electron chi connectivity index (χ4n) is 4.37. The van der Waals surface area contributed by atoms with Crippen LogP contribution >= 0.6 is 0 Å². The van der Waals surface area contributed by atoms with Gasteiger partial charge in [0.2, 0.25) is 11.7 Å². The van der Waals surface area contributed by atoms with E-state index in [0.717, 1.165) is 11.8 Å². The highest BCUT2D eigenvalue weighted by Crippen LogP contribution is 2.31. The molecule has 10 heteroatoms. The van der Waals surface area contributed by atoms with Crippen molar-refractivity contribution < 1.29 is 23.7 Å². The number of hydrogen-bond donors (Lipinski definition) is 1. The standard InChI is InChI=1S/C27H22N4O6/c1-16-24-20(29-30-23(32)15-17-10-12-19(13-11-17)31(34)35)7-3-8-21(24)36-26(16)27(33)37-22-9-2-5-18-6-4-14-28-25(18)22/h2,4-6,9-14H,3,7-8,15H2,1H3,(H,30,32)/b29-20+. The van der Waals surface area contributed by atoms with Gasteiger partial charge in [0.1, 0.15) is 11.3 Å². The zero-order valence-corrected chi connectivity index (χ0v) is 19.9. The number of hydrazone groups is 1. The second-order valence-electron chi connectivity index (χ2n) is 8.62. The summed E-state index contributed by atoms with van der Waals surface area (Å²) in [5.74, 6) is 0.0495. The van der Waals surface area contributed by atoms with Crippen LogP contribution in [0.2, 0.25) is 0 Å². The molecule has 0 fully saturated rings. The zero-order valence-electron chi connectivity index (χ0n) is 19.9. The summed E-state index contributed by atoms with van der Waals surface area (Å²) in [4.78, 5) is 40.1. The molecule has 0 saturated carbocycles. The van der Waals surface area contributed by atoms with Crippen LogP contribution in [0.15, 0.2) is 70.3 Å².